The number of para-hydroxylation sites is 1. The Morgan fingerprint density at radius 1 is 0.895 bits per heavy atom. The number of benzene rings is 2. The molecule has 0 atom stereocenters. The number of nitrogens with zero attached hydrogens (tertiary/aromatic N) is 3. The van der Waals surface area contributed by atoms with E-state index in [4.69, 9.17) is 0 Å². The van der Waals surface area contributed by atoms with E-state index in [0.717, 1.165) is 23.0 Å². The summed E-state index contributed by atoms with van der Waals surface area (Å²) in [4.78, 5) is 11.0. The van der Waals surface area contributed by atoms with Crippen LogP contribution in [0.3, 0.4) is 0 Å². The highest BCUT2D eigenvalue weighted by Gasteiger charge is 2.06. The maximum Gasteiger partial charge on any atom is 0.218 e. The van der Waals surface area contributed by atoms with E-state index in [2.05, 4.69) is 10.2 Å². The molecule has 3 aromatic rings. The van der Waals surface area contributed by atoms with Crippen molar-refractivity contribution in [1.82, 2.24) is 4.57 Å². The lowest BCUT2D eigenvalue weighted by atomic mass is 10.2. The molecule has 0 unspecified atom stereocenters. The van der Waals surface area contributed by atoms with Gasteiger partial charge in [-0.05, 0) is 18.2 Å². The Kier molecular flexibility index (Phi) is 2.90. The lowest BCUT2D eigenvalue weighted by Crippen LogP contribution is -1.89. The van der Waals surface area contributed by atoms with Crippen LogP contribution in [0.25, 0.3) is 10.9 Å². The first-order chi connectivity index (χ1) is 9.38. The molecule has 0 amide bonds. The van der Waals surface area contributed by atoms with Crippen LogP contribution in [0.4, 0.5) is 11.4 Å². The highest BCUT2D eigenvalue weighted by atomic mass is 16.1. The lowest BCUT2D eigenvalue weighted by Gasteiger charge is -1.92. The highest BCUT2D eigenvalue weighted by Crippen LogP contribution is 2.28. The van der Waals surface area contributed by atoms with Crippen molar-refractivity contribution in [2.24, 2.45) is 10.2 Å². The molecular weight excluding hydrogens is 238 g/mol. The minimum atomic E-state index is 0.687. The monoisotopic (exact) mass is 249 g/mol. The summed E-state index contributed by atoms with van der Waals surface area (Å²) in [5.41, 5.74) is 2.30. The van der Waals surface area contributed by atoms with E-state index in [1.807, 2.05) is 54.6 Å². The second kappa shape index (κ2) is 4.86. The average Bonchev–Trinajstić information content (AvgIpc) is 2.84. The molecule has 0 aliphatic carbocycles. The minimum Gasteiger partial charge on any atom is -0.287 e. The Bertz CT molecular complexity index is 744. The van der Waals surface area contributed by atoms with Crippen LogP contribution in [0.1, 0.15) is 0 Å². The SMILES string of the molecule is O=Cn1cc(N=Nc2ccccc2)c2ccccc21. The Hall–Kier alpha value is -2.75. The molecule has 19 heavy (non-hydrogen) atoms. The minimum absolute atomic E-state index is 0.687. The molecule has 0 aliphatic rings. The molecule has 0 aliphatic heterocycles. The van der Waals surface area contributed by atoms with E-state index in [1.165, 1.54) is 4.57 Å². The number of carbonyl (C=O) groups is 1. The first kappa shape index (κ1) is 11.3. The molecule has 1 heterocycles. The zero-order valence-electron chi connectivity index (χ0n) is 10.1. The molecule has 0 saturated heterocycles. The van der Waals surface area contributed by atoms with Crippen LogP contribution in [0.15, 0.2) is 71.0 Å². The molecule has 0 radical (unpaired) electrons. The summed E-state index contributed by atoms with van der Waals surface area (Å²) in [6.45, 7) is 0. The van der Waals surface area contributed by atoms with Gasteiger partial charge in [-0.15, -0.1) is 5.11 Å². The number of carbonyl (C=O) groups excluding carboxylic acids is 1. The Balaban J connectivity index is 2.06. The van der Waals surface area contributed by atoms with Gasteiger partial charge in [0.1, 0.15) is 5.69 Å². The number of rotatable bonds is 3. The molecule has 0 saturated carbocycles. The molecule has 0 N–H and O–H groups in total. The molecule has 1 aromatic heterocycles. The lowest BCUT2D eigenvalue weighted by molar-refractivity contribution is 0.549. The van der Waals surface area contributed by atoms with Crippen molar-refractivity contribution in [3.8, 4) is 0 Å². The molecule has 3 rings (SSSR count). The predicted octanol–water partition coefficient (Wildman–Crippen LogP) is 4.10. The predicted molar refractivity (Wildman–Crippen MR) is 74.7 cm³/mol. The Morgan fingerprint density at radius 3 is 2.42 bits per heavy atom. The number of fused-ring (bicyclic) bond motifs is 1. The van der Waals surface area contributed by atoms with Crippen LogP contribution < -0.4 is 0 Å². The summed E-state index contributed by atoms with van der Waals surface area (Å²) in [6.07, 6.45) is 2.45. The van der Waals surface area contributed by atoms with Crippen LogP contribution in [0.2, 0.25) is 0 Å². The standard InChI is InChI=1S/C15H11N3O/c19-11-18-10-14(13-8-4-5-9-15(13)18)17-16-12-6-2-1-3-7-12/h1-11H. The molecule has 4 heteroatoms. The second-order valence-electron chi connectivity index (χ2n) is 4.08. The highest BCUT2D eigenvalue weighted by molar-refractivity contribution is 5.94. The average molecular weight is 249 g/mol. The number of hydrogen-bond donors (Lipinski definition) is 0. The van der Waals surface area contributed by atoms with Crippen LogP contribution in [-0.2, 0) is 4.79 Å². The third kappa shape index (κ3) is 2.15. The van der Waals surface area contributed by atoms with Crippen molar-refractivity contribution in [3.05, 3.63) is 60.8 Å². The van der Waals surface area contributed by atoms with Gasteiger partial charge in [0.05, 0.1) is 11.2 Å². The molecular formula is C15H11N3O. The maximum absolute atomic E-state index is 11.0. The number of aromatic nitrogens is 1. The van der Waals surface area contributed by atoms with Gasteiger partial charge in [-0.2, -0.15) is 5.11 Å². The van der Waals surface area contributed by atoms with E-state index < -0.39 is 0 Å². The fraction of sp³-hybridized carbons (Fsp3) is 0. The quantitative estimate of drug-likeness (QED) is 0.509. The zero-order valence-corrected chi connectivity index (χ0v) is 10.1. The van der Waals surface area contributed by atoms with Crippen molar-refractivity contribution >= 4 is 28.7 Å². The topological polar surface area (TPSA) is 46.7 Å². The smallest absolute Gasteiger partial charge is 0.218 e. The van der Waals surface area contributed by atoms with Gasteiger partial charge in [0.25, 0.3) is 0 Å². The summed E-state index contributed by atoms with van der Waals surface area (Å²) >= 11 is 0. The van der Waals surface area contributed by atoms with Gasteiger partial charge in [0.15, 0.2) is 0 Å². The molecule has 0 fully saturated rings. The Labute approximate surface area is 110 Å². The van der Waals surface area contributed by atoms with Gasteiger partial charge < -0.3 is 0 Å². The second-order valence-corrected chi connectivity index (χ2v) is 4.08. The maximum atomic E-state index is 11.0. The number of azo groups is 1. The largest absolute Gasteiger partial charge is 0.287 e. The van der Waals surface area contributed by atoms with Crippen LogP contribution in [0.5, 0.6) is 0 Å². The van der Waals surface area contributed by atoms with E-state index in [0.29, 0.717) is 5.69 Å². The third-order valence-corrected chi connectivity index (χ3v) is 2.86. The van der Waals surface area contributed by atoms with E-state index in [9.17, 15) is 4.79 Å². The molecule has 0 spiro atoms. The summed E-state index contributed by atoms with van der Waals surface area (Å²) in [7, 11) is 0. The fourth-order valence-electron chi connectivity index (χ4n) is 1.96. The van der Waals surface area contributed by atoms with Crippen molar-refractivity contribution in [2.75, 3.05) is 0 Å². The normalized spacial score (nSPS) is 11.2. The first-order valence-corrected chi connectivity index (χ1v) is 5.90. The molecule has 0 bridgehead atoms. The third-order valence-electron chi connectivity index (χ3n) is 2.86. The van der Waals surface area contributed by atoms with Crippen molar-refractivity contribution in [2.45, 2.75) is 0 Å². The van der Waals surface area contributed by atoms with Crippen LogP contribution >= 0.6 is 0 Å². The van der Waals surface area contributed by atoms with Gasteiger partial charge in [-0.1, -0.05) is 36.4 Å². The van der Waals surface area contributed by atoms with Gasteiger partial charge in [0.2, 0.25) is 6.41 Å². The fourth-order valence-corrected chi connectivity index (χ4v) is 1.96. The van der Waals surface area contributed by atoms with E-state index >= 15 is 0 Å². The van der Waals surface area contributed by atoms with Crippen molar-refractivity contribution in [3.63, 3.8) is 0 Å². The van der Waals surface area contributed by atoms with Gasteiger partial charge >= 0.3 is 0 Å². The summed E-state index contributed by atoms with van der Waals surface area (Å²) < 4.78 is 1.51. The van der Waals surface area contributed by atoms with Gasteiger partial charge in [-0.3, -0.25) is 9.36 Å². The zero-order chi connectivity index (χ0) is 13.1. The van der Waals surface area contributed by atoms with Crippen molar-refractivity contribution in [1.29, 1.82) is 0 Å². The molecule has 92 valence electrons. The summed E-state index contributed by atoms with van der Waals surface area (Å²) in [6, 6.07) is 17.1. The van der Waals surface area contributed by atoms with Gasteiger partial charge in [0, 0.05) is 11.6 Å². The summed E-state index contributed by atoms with van der Waals surface area (Å²) in [5.74, 6) is 0. The van der Waals surface area contributed by atoms with Crippen LogP contribution in [-0.4, -0.2) is 11.0 Å². The molecule has 2 aromatic carbocycles. The van der Waals surface area contributed by atoms with Crippen molar-refractivity contribution < 1.29 is 4.79 Å². The van der Waals surface area contributed by atoms with Crippen LogP contribution in [0, 0.1) is 0 Å². The van der Waals surface area contributed by atoms with Gasteiger partial charge in [-0.25, -0.2) is 0 Å². The van der Waals surface area contributed by atoms with E-state index in [1.54, 1.807) is 6.20 Å². The van der Waals surface area contributed by atoms with E-state index in [-0.39, 0.29) is 0 Å². The molecule has 4 nitrogen and oxygen atoms in total. The number of hydrogen-bond acceptors (Lipinski definition) is 3. The first-order valence-electron chi connectivity index (χ1n) is 5.90. The summed E-state index contributed by atoms with van der Waals surface area (Å²) in [5, 5.41) is 9.30. The Morgan fingerprint density at radius 2 is 1.63 bits per heavy atom.